The van der Waals surface area contributed by atoms with Crippen molar-refractivity contribution in [3.8, 4) is 0 Å². The molecule has 0 aliphatic heterocycles. The Morgan fingerprint density at radius 2 is 1.47 bits per heavy atom. The second kappa shape index (κ2) is 4.09. The van der Waals surface area contributed by atoms with Crippen molar-refractivity contribution in [1.29, 1.82) is 0 Å². The third kappa shape index (κ3) is 1.67. The van der Waals surface area contributed by atoms with Crippen LogP contribution in [-0.4, -0.2) is 4.98 Å². The minimum absolute atomic E-state index is 0. The number of fused-ring (bicyclic) bond motifs is 3. The molecule has 0 fully saturated rings. The fourth-order valence-electron chi connectivity index (χ4n) is 1.81. The Balaban J connectivity index is 0.000000853. The number of hydrogen-bond acceptors (Lipinski definition) is 1. The molecular weight excluding hydrogens is 362 g/mol. The van der Waals surface area contributed by atoms with Crippen LogP contribution < -0.4 is 0 Å². The molecule has 1 nitrogen and oxygen atoms in total. The maximum absolute atomic E-state index is 4.41. The summed E-state index contributed by atoms with van der Waals surface area (Å²) in [6, 6.07) is 16.7. The van der Waals surface area contributed by atoms with E-state index in [0.29, 0.717) is 0 Å². The third-order valence-corrected chi connectivity index (χ3v) is 2.50. The van der Waals surface area contributed by atoms with Crippen molar-refractivity contribution in [2.24, 2.45) is 0 Å². The van der Waals surface area contributed by atoms with Crippen LogP contribution in [0.1, 0.15) is 0 Å². The first-order valence-corrected chi connectivity index (χ1v) is 4.68. The topological polar surface area (TPSA) is 12.9 Å². The zero-order valence-electron chi connectivity index (χ0n) is 7.98. The van der Waals surface area contributed by atoms with Gasteiger partial charge in [0, 0.05) is 37.1 Å². The molecule has 0 saturated carbocycles. The molecule has 0 bridgehead atoms. The summed E-state index contributed by atoms with van der Waals surface area (Å²) in [5.74, 6) is 0. The van der Waals surface area contributed by atoms with Crippen LogP contribution in [0.5, 0.6) is 0 Å². The van der Waals surface area contributed by atoms with Crippen molar-refractivity contribution in [2.75, 3.05) is 0 Å². The van der Waals surface area contributed by atoms with Gasteiger partial charge in [0.25, 0.3) is 0 Å². The average Bonchev–Trinajstić information content (AvgIpc) is 2.29. The number of pyridine rings is 1. The molecule has 1 heterocycles. The van der Waals surface area contributed by atoms with E-state index >= 15 is 0 Å². The van der Waals surface area contributed by atoms with Gasteiger partial charge < -0.3 is 0 Å². The van der Waals surface area contributed by atoms with Crippen LogP contribution in [0, 0.1) is 0 Å². The first kappa shape index (κ1) is 10.3. The van der Waals surface area contributed by atoms with Crippen LogP contribution in [0.25, 0.3) is 21.7 Å². The van der Waals surface area contributed by atoms with Gasteiger partial charge in [-0.05, 0) is 11.5 Å². The molecule has 1 aromatic heterocycles. The van der Waals surface area contributed by atoms with E-state index in [9.17, 15) is 0 Å². The van der Waals surface area contributed by atoms with Crippen LogP contribution in [0.15, 0.2) is 54.7 Å². The smallest absolute Gasteiger partial charge is 0.0780 e. The zero-order valence-corrected chi connectivity index (χ0v) is 10.4. The van der Waals surface area contributed by atoms with E-state index in [1.54, 1.807) is 0 Å². The van der Waals surface area contributed by atoms with Gasteiger partial charge in [-0.25, -0.2) is 0 Å². The van der Waals surface area contributed by atoms with Gasteiger partial charge in [-0.3, -0.25) is 4.98 Å². The van der Waals surface area contributed by atoms with Crippen molar-refractivity contribution in [3.63, 3.8) is 0 Å². The number of benzene rings is 2. The van der Waals surface area contributed by atoms with Crippen molar-refractivity contribution < 1.29 is 20.1 Å². The maximum Gasteiger partial charge on any atom is 0.0780 e. The van der Waals surface area contributed by atoms with Crippen molar-refractivity contribution in [3.05, 3.63) is 54.7 Å². The predicted molar refractivity (Wildman–Crippen MR) is 59.2 cm³/mol. The monoisotopic (exact) mass is 372 g/mol. The molecule has 0 spiro atoms. The Kier molecular flexibility index (Phi) is 2.81. The zero-order chi connectivity index (χ0) is 9.38. The molecule has 2 aromatic carbocycles. The van der Waals surface area contributed by atoms with E-state index in [0.717, 1.165) is 5.52 Å². The van der Waals surface area contributed by atoms with E-state index in [1.165, 1.54) is 16.2 Å². The first-order chi connectivity index (χ1) is 6.95. The Hall–Kier alpha value is -1.24. The minimum atomic E-state index is 0. The molecule has 2 heteroatoms. The number of aromatic nitrogens is 1. The fourth-order valence-corrected chi connectivity index (χ4v) is 1.81. The molecule has 0 unspecified atom stereocenters. The summed E-state index contributed by atoms with van der Waals surface area (Å²) in [5, 5.41) is 3.68. The van der Waals surface area contributed by atoms with Gasteiger partial charge in [0.15, 0.2) is 0 Å². The van der Waals surface area contributed by atoms with Crippen LogP contribution in [-0.2, 0) is 20.1 Å². The van der Waals surface area contributed by atoms with E-state index < -0.39 is 0 Å². The summed E-state index contributed by atoms with van der Waals surface area (Å²) in [4.78, 5) is 4.41. The number of hydrogen-bond donors (Lipinski definition) is 0. The van der Waals surface area contributed by atoms with Crippen LogP contribution in [0.3, 0.4) is 0 Å². The summed E-state index contributed by atoms with van der Waals surface area (Å²) >= 11 is 0. The molecule has 0 aliphatic rings. The average molecular weight is 371 g/mol. The van der Waals surface area contributed by atoms with Crippen molar-refractivity contribution in [2.45, 2.75) is 0 Å². The van der Waals surface area contributed by atoms with E-state index in [2.05, 4.69) is 47.4 Å². The Labute approximate surface area is 101 Å². The summed E-state index contributed by atoms with van der Waals surface area (Å²) in [6.45, 7) is 0. The Bertz CT molecular complexity index is 550. The van der Waals surface area contributed by atoms with Gasteiger partial charge in [0.05, 0.1) is 5.52 Å². The summed E-state index contributed by atoms with van der Waals surface area (Å²) in [6.07, 6.45) is 1.84. The second-order valence-corrected chi connectivity index (χ2v) is 3.36. The quantitative estimate of drug-likeness (QED) is 0.552. The number of nitrogens with zero attached hydrogens (tertiary/aromatic N) is 1. The molecule has 0 atom stereocenters. The minimum Gasteiger partial charge on any atom is -0.256 e. The van der Waals surface area contributed by atoms with Gasteiger partial charge in [0.2, 0.25) is 0 Å². The molecular formula is C13H9IrN. The molecule has 3 rings (SSSR count). The molecule has 0 aliphatic carbocycles. The number of rotatable bonds is 0. The molecule has 0 saturated heterocycles. The van der Waals surface area contributed by atoms with Crippen LogP contribution in [0.4, 0.5) is 0 Å². The molecule has 0 amide bonds. The SMILES string of the molecule is [Ir].c1ccc2c(c1)ccc1cccnc12. The first-order valence-electron chi connectivity index (χ1n) is 4.68. The molecule has 1 radical (unpaired) electrons. The maximum atomic E-state index is 4.41. The van der Waals surface area contributed by atoms with Gasteiger partial charge in [-0.2, -0.15) is 0 Å². The molecule has 75 valence electrons. The van der Waals surface area contributed by atoms with Crippen molar-refractivity contribution >= 4 is 21.7 Å². The molecule has 3 aromatic rings. The second-order valence-electron chi connectivity index (χ2n) is 3.36. The third-order valence-electron chi connectivity index (χ3n) is 2.50. The summed E-state index contributed by atoms with van der Waals surface area (Å²) < 4.78 is 0. The van der Waals surface area contributed by atoms with Crippen molar-refractivity contribution in [1.82, 2.24) is 4.98 Å². The van der Waals surface area contributed by atoms with Gasteiger partial charge in [-0.15, -0.1) is 0 Å². The molecule has 15 heavy (non-hydrogen) atoms. The Morgan fingerprint density at radius 3 is 2.40 bits per heavy atom. The van der Waals surface area contributed by atoms with E-state index in [-0.39, 0.29) is 20.1 Å². The van der Waals surface area contributed by atoms with Crippen LogP contribution in [0.2, 0.25) is 0 Å². The molecule has 0 N–H and O–H groups in total. The van der Waals surface area contributed by atoms with E-state index in [4.69, 9.17) is 0 Å². The van der Waals surface area contributed by atoms with Gasteiger partial charge >= 0.3 is 0 Å². The summed E-state index contributed by atoms with van der Waals surface area (Å²) in [5.41, 5.74) is 1.09. The summed E-state index contributed by atoms with van der Waals surface area (Å²) in [7, 11) is 0. The normalized spacial score (nSPS) is 10.1. The fraction of sp³-hybridized carbons (Fsp3) is 0. The largest absolute Gasteiger partial charge is 0.256 e. The predicted octanol–water partition coefficient (Wildman–Crippen LogP) is 3.39. The van der Waals surface area contributed by atoms with Crippen LogP contribution >= 0.6 is 0 Å². The Morgan fingerprint density at radius 1 is 0.733 bits per heavy atom. The van der Waals surface area contributed by atoms with E-state index in [1.807, 2.05) is 12.3 Å². The van der Waals surface area contributed by atoms with Gasteiger partial charge in [-0.1, -0.05) is 42.5 Å². The standard InChI is InChI=1S/C13H9N.Ir/c1-2-6-12-10(4-1)7-8-11-5-3-9-14-13(11)12;/h1-9H;. The van der Waals surface area contributed by atoms with Gasteiger partial charge in [0.1, 0.15) is 0 Å².